The lowest BCUT2D eigenvalue weighted by atomic mass is 10.1. The predicted octanol–water partition coefficient (Wildman–Crippen LogP) is 3.78. The van der Waals surface area contributed by atoms with Crippen LogP contribution in [0, 0.1) is 0 Å². The topological polar surface area (TPSA) is 71.5 Å². The summed E-state index contributed by atoms with van der Waals surface area (Å²) in [6.07, 6.45) is 1.16. The van der Waals surface area contributed by atoms with Crippen LogP contribution in [0.2, 0.25) is 10.2 Å². The number of hydrogen-bond donors (Lipinski definition) is 0. The predicted molar refractivity (Wildman–Crippen MR) is 102 cm³/mol. The Kier molecular flexibility index (Phi) is 5.12. The number of carbonyl (C=O) groups excluding carboxylic acids is 1. The van der Waals surface area contributed by atoms with E-state index in [1.54, 1.807) is 11.0 Å². The number of amides is 1. The molecular formula is C17H21Cl2N5O2. The number of aromatic nitrogens is 3. The van der Waals surface area contributed by atoms with Crippen molar-refractivity contribution in [3.8, 4) is 0 Å². The van der Waals surface area contributed by atoms with Gasteiger partial charge in [-0.3, -0.25) is 0 Å². The maximum Gasteiger partial charge on any atom is 0.410 e. The summed E-state index contributed by atoms with van der Waals surface area (Å²) in [5, 5.41) is 1.31. The molecule has 0 N–H and O–H groups in total. The highest BCUT2D eigenvalue weighted by molar-refractivity contribution is 6.41. The molecule has 1 aliphatic rings. The minimum atomic E-state index is -0.512. The van der Waals surface area contributed by atoms with Crippen LogP contribution >= 0.6 is 23.2 Å². The van der Waals surface area contributed by atoms with Crippen molar-refractivity contribution in [2.45, 2.75) is 39.3 Å². The molecule has 0 aromatic carbocycles. The van der Waals surface area contributed by atoms with Crippen LogP contribution in [-0.2, 0) is 4.74 Å². The van der Waals surface area contributed by atoms with E-state index in [-0.39, 0.29) is 17.3 Å². The normalized spacial score (nSPS) is 18.3. The average molecular weight is 398 g/mol. The molecule has 2 aromatic heterocycles. The summed E-state index contributed by atoms with van der Waals surface area (Å²) in [5.41, 5.74) is -0.0201. The molecule has 1 aliphatic heterocycles. The minimum absolute atomic E-state index is 0.0452. The molecular weight excluding hydrogens is 377 g/mol. The second-order valence-corrected chi connectivity index (χ2v) is 8.06. The van der Waals surface area contributed by atoms with Gasteiger partial charge in [0.25, 0.3) is 0 Å². The summed E-state index contributed by atoms with van der Waals surface area (Å²) < 4.78 is 5.47. The van der Waals surface area contributed by atoms with Gasteiger partial charge in [-0.1, -0.05) is 23.2 Å². The first-order chi connectivity index (χ1) is 12.2. The van der Waals surface area contributed by atoms with Gasteiger partial charge >= 0.3 is 6.09 Å². The van der Waals surface area contributed by atoms with E-state index in [2.05, 4.69) is 19.9 Å². The monoisotopic (exact) mass is 397 g/mol. The number of pyridine rings is 1. The molecule has 1 saturated heterocycles. The van der Waals surface area contributed by atoms with Crippen molar-refractivity contribution >= 4 is 46.1 Å². The molecule has 0 radical (unpaired) electrons. The summed E-state index contributed by atoms with van der Waals surface area (Å²) in [7, 11) is 0. The first-order valence-electron chi connectivity index (χ1n) is 8.37. The number of fused-ring (bicyclic) bond motifs is 1. The zero-order valence-electron chi connectivity index (χ0n) is 15.2. The first kappa shape index (κ1) is 18.9. The molecule has 3 heterocycles. The van der Waals surface area contributed by atoms with E-state index in [4.69, 9.17) is 27.9 Å². The molecule has 0 spiro atoms. The van der Waals surface area contributed by atoms with E-state index in [1.807, 2.05) is 27.7 Å². The van der Waals surface area contributed by atoms with Gasteiger partial charge in [0.05, 0.1) is 10.4 Å². The lowest BCUT2D eigenvalue weighted by Crippen LogP contribution is -2.54. The van der Waals surface area contributed by atoms with E-state index in [0.717, 1.165) is 11.2 Å². The van der Waals surface area contributed by atoms with Gasteiger partial charge in [-0.15, -0.1) is 0 Å². The van der Waals surface area contributed by atoms with Crippen molar-refractivity contribution in [1.82, 2.24) is 19.9 Å². The molecule has 0 bridgehead atoms. The van der Waals surface area contributed by atoms with Crippen molar-refractivity contribution in [1.29, 1.82) is 0 Å². The fourth-order valence-corrected chi connectivity index (χ4v) is 3.21. The van der Waals surface area contributed by atoms with E-state index in [0.29, 0.717) is 30.3 Å². The Hall–Kier alpha value is -1.86. The van der Waals surface area contributed by atoms with E-state index in [9.17, 15) is 4.79 Å². The Morgan fingerprint density at radius 1 is 1.27 bits per heavy atom. The van der Waals surface area contributed by atoms with E-state index in [1.165, 1.54) is 6.33 Å². The zero-order chi connectivity index (χ0) is 19.1. The van der Waals surface area contributed by atoms with Gasteiger partial charge in [0.2, 0.25) is 0 Å². The quantitative estimate of drug-likeness (QED) is 0.681. The van der Waals surface area contributed by atoms with Crippen molar-refractivity contribution in [2.75, 3.05) is 24.5 Å². The molecule has 1 fully saturated rings. The maximum absolute atomic E-state index is 12.3. The number of carbonyl (C=O) groups is 1. The fraction of sp³-hybridized carbons (Fsp3) is 0.529. The van der Waals surface area contributed by atoms with E-state index < -0.39 is 5.60 Å². The van der Waals surface area contributed by atoms with Crippen molar-refractivity contribution in [3.63, 3.8) is 0 Å². The molecule has 0 saturated carbocycles. The van der Waals surface area contributed by atoms with Crippen LogP contribution in [0.4, 0.5) is 10.6 Å². The lowest BCUT2D eigenvalue weighted by molar-refractivity contribution is 0.0218. The van der Waals surface area contributed by atoms with Crippen LogP contribution in [0.25, 0.3) is 11.0 Å². The summed E-state index contributed by atoms with van der Waals surface area (Å²) >= 11 is 12.1. The van der Waals surface area contributed by atoms with Crippen LogP contribution in [0.1, 0.15) is 27.7 Å². The second-order valence-electron chi connectivity index (χ2n) is 7.30. The van der Waals surface area contributed by atoms with Gasteiger partial charge in [0.1, 0.15) is 22.9 Å². The van der Waals surface area contributed by atoms with Gasteiger partial charge in [-0.2, -0.15) is 0 Å². The Morgan fingerprint density at radius 3 is 2.65 bits per heavy atom. The summed E-state index contributed by atoms with van der Waals surface area (Å²) in [6.45, 7) is 9.31. The molecule has 2 aromatic rings. The van der Waals surface area contributed by atoms with Gasteiger partial charge < -0.3 is 14.5 Å². The van der Waals surface area contributed by atoms with Gasteiger partial charge in [-0.05, 0) is 33.8 Å². The lowest BCUT2D eigenvalue weighted by Gasteiger charge is -2.41. The van der Waals surface area contributed by atoms with Crippen LogP contribution in [0.5, 0.6) is 0 Å². The van der Waals surface area contributed by atoms with Gasteiger partial charge in [-0.25, -0.2) is 19.7 Å². The van der Waals surface area contributed by atoms with Crippen molar-refractivity contribution in [3.05, 3.63) is 22.6 Å². The van der Waals surface area contributed by atoms with Crippen LogP contribution in [-0.4, -0.2) is 57.2 Å². The van der Waals surface area contributed by atoms with Crippen LogP contribution < -0.4 is 4.90 Å². The van der Waals surface area contributed by atoms with E-state index >= 15 is 0 Å². The molecule has 0 unspecified atom stereocenters. The number of rotatable bonds is 1. The fourth-order valence-electron chi connectivity index (χ4n) is 2.92. The van der Waals surface area contributed by atoms with Crippen molar-refractivity contribution in [2.24, 2.45) is 0 Å². The SMILES string of the molecule is C[C@H]1CN(C(=O)OC(C)(C)C)CCN1c1ncnc2nc(Cl)c(Cl)cc12. The Bertz CT molecular complexity index is 840. The second kappa shape index (κ2) is 7.04. The molecule has 0 aliphatic carbocycles. The standard InChI is InChI=1S/C17H21Cl2N5O2/c1-10-8-23(16(25)26-17(2,3)4)5-6-24(10)15-11-7-12(18)13(19)22-14(11)20-9-21-15/h7,9-10H,5-6,8H2,1-4H3/t10-/m0/s1. The first-order valence-corrected chi connectivity index (χ1v) is 9.12. The number of nitrogens with zero attached hydrogens (tertiary/aromatic N) is 5. The summed E-state index contributed by atoms with van der Waals surface area (Å²) in [6, 6.07) is 1.78. The third-order valence-electron chi connectivity index (χ3n) is 4.07. The molecule has 140 valence electrons. The van der Waals surface area contributed by atoms with Crippen molar-refractivity contribution < 1.29 is 9.53 Å². The van der Waals surface area contributed by atoms with Gasteiger partial charge in [0, 0.05) is 25.7 Å². The molecule has 1 amide bonds. The largest absolute Gasteiger partial charge is 0.444 e. The Morgan fingerprint density at radius 2 is 2.00 bits per heavy atom. The molecule has 26 heavy (non-hydrogen) atoms. The van der Waals surface area contributed by atoms with Gasteiger partial charge in [0.15, 0.2) is 5.65 Å². The number of halogens is 2. The number of anilines is 1. The maximum atomic E-state index is 12.3. The summed E-state index contributed by atoms with van der Waals surface area (Å²) in [4.78, 5) is 29.0. The number of piperazine rings is 1. The summed E-state index contributed by atoms with van der Waals surface area (Å²) in [5.74, 6) is 0.734. The van der Waals surface area contributed by atoms with Crippen LogP contribution in [0.15, 0.2) is 12.4 Å². The minimum Gasteiger partial charge on any atom is -0.444 e. The smallest absolute Gasteiger partial charge is 0.410 e. The molecule has 1 atom stereocenters. The number of ether oxygens (including phenoxy) is 1. The highest BCUT2D eigenvalue weighted by Gasteiger charge is 2.31. The zero-order valence-corrected chi connectivity index (χ0v) is 16.7. The van der Waals surface area contributed by atoms with Crippen LogP contribution in [0.3, 0.4) is 0 Å². The third kappa shape index (κ3) is 3.94. The Labute approximate surface area is 162 Å². The molecule has 9 heteroatoms. The highest BCUT2D eigenvalue weighted by atomic mass is 35.5. The molecule has 3 rings (SSSR count). The Balaban J connectivity index is 1.83. The highest BCUT2D eigenvalue weighted by Crippen LogP contribution is 2.30. The third-order valence-corrected chi connectivity index (χ3v) is 4.74. The molecule has 7 nitrogen and oxygen atoms in total. The average Bonchev–Trinajstić information content (AvgIpc) is 2.54. The number of hydrogen-bond acceptors (Lipinski definition) is 6.